The third-order valence-corrected chi connectivity index (χ3v) is 11.7. The van der Waals surface area contributed by atoms with E-state index in [0.29, 0.717) is 4.68 Å². The molecule has 313 valence electrons. The number of aromatic amines is 1. The number of fused-ring (bicyclic) bond motifs is 1. The number of benzene rings is 4. The van der Waals surface area contributed by atoms with E-state index in [1.165, 1.54) is 19.1 Å². The van der Waals surface area contributed by atoms with Gasteiger partial charge in [-0.1, -0.05) is 6.07 Å². The number of aromatic hydroxyl groups is 1. The zero-order chi connectivity index (χ0) is 42.2. The van der Waals surface area contributed by atoms with Gasteiger partial charge in [-0.3, -0.25) is 14.1 Å². The molecule has 4 aromatic carbocycles. The van der Waals surface area contributed by atoms with Crippen molar-refractivity contribution in [3.05, 3.63) is 87.8 Å². The zero-order valence-corrected chi connectivity index (χ0v) is 44.8. The van der Waals surface area contributed by atoms with Gasteiger partial charge in [-0.2, -0.15) is 10.2 Å². The van der Waals surface area contributed by atoms with Gasteiger partial charge >= 0.3 is 118 Å². The first kappa shape index (κ1) is 60.7. The maximum atomic E-state index is 13.1. The number of carboxylic acids is 1. The number of rotatable bonds is 14. The third-order valence-electron chi connectivity index (χ3n) is 7.74. The number of azo groups is 2. The summed E-state index contributed by atoms with van der Waals surface area (Å²) in [5, 5.41) is 49.9. The average Bonchev–Trinajstić information content (AvgIpc) is 3.44. The molecule has 0 saturated carbocycles. The molecule has 0 aliphatic carbocycles. The summed E-state index contributed by atoms with van der Waals surface area (Å²) in [6.07, 6.45) is 0. The molecule has 0 bridgehead atoms. The fourth-order valence-corrected chi connectivity index (χ4v) is 8.02. The van der Waals surface area contributed by atoms with Gasteiger partial charge < -0.3 is 33.8 Å². The largest absolute Gasteiger partial charge is 1.00 e. The predicted molar refractivity (Wildman–Crippen MR) is 185 cm³/mol. The average molecular weight is 1020 g/mol. The molecule has 62 heavy (non-hydrogen) atoms. The maximum Gasteiger partial charge on any atom is 1.00 e. The van der Waals surface area contributed by atoms with Crippen molar-refractivity contribution in [2.75, 3.05) is 12.4 Å². The first-order chi connectivity index (χ1) is 26.4. The van der Waals surface area contributed by atoms with E-state index in [0.717, 1.165) is 48.5 Å². The Labute approximate surface area is 450 Å². The number of hydrogen-bond donors (Lipinski definition) is 3. The summed E-state index contributed by atoms with van der Waals surface area (Å²) in [7, 11) is -19.7. The molecule has 5 rings (SSSR count). The molecule has 0 amide bonds. The molecule has 3 N–H and O–H groups in total. The summed E-state index contributed by atoms with van der Waals surface area (Å²) in [6, 6.07) is 10.1. The number of carbonyl (C=O) groups is 1. The van der Waals surface area contributed by atoms with Crippen LogP contribution in [0.25, 0.3) is 16.5 Å². The Morgan fingerprint density at radius 1 is 0.790 bits per heavy atom. The molecule has 5 aromatic rings. The number of sulfone groups is 1. The Kier molecular flexibility index (Phi) is 23.5. The second kappa shape index (κ2) is 24.0. The van der Waals surface area contributed by atoms with Crippen LogP contribution in [-0.4, -0.2) is 85.7 Å². The van der Waals surface area contributed by atoms with E-state index in [2.05, 4.69) is 29.7 Å². The van der Waals surface area contributed by atoms with Crippen LogP contribution in [0.3, 0.4) is 0 Å². The van der Waals surface area contributed by atoms with Gasteiger partial charge in [-0.15, -0.1) is 10.2 Å². The van der Waals surface area contributed by atoms with Crippen LogP contribution in [0.4, 0.5) is 22.7 Å². The summed E-state index contributed by atoms with van der Waals surface area (Å²) in [4.78, 5) is 22.8. The van der Waals surface area contributed by atoms with Crippen LogP contribution < -0.4 is 129 Å². The van der Waals surface area contributed by atoms with Crippen LogP contribution in [0, 0.1) is 6.92 Å². The Bertz CT molecular complexity index is 3060. The number of carboxylic acid groups (broad SMARTS) is 1. The zero-order valence-electron chi connectivity index (χ0n) is 32.6. The summed E-state index contributed by atoms with van der Waals surface area (Å²) in [5.41, 5.74) is -4.52. The smallest absolute Gasteiger partial charge is 0.744 e. The normalized spacial score (nSPS) is 11.9. The van der Waals surface area contributed by atoms with Crippen LogP contribution in [0.2, 0.25) is 0 Å². The van der Waals surface area contributed by atoms with Gasteiger partial charge in [0, 0.05) is 28.0 Å². The molecular weight excluding hydrogens is 1000 g/mol. The molecule has 0 saturated heterocycles. The number of nitrogens with zero attached hydrogens (tertiary/aromatic N) is 5. The van der Waals surface area contributed by atoms with Crippen LogP contribution in [0.1, 0.15) is 21.6 Å². The fraction of sp³-hybridized carbons (Fsp3) is 0.133. The molecule has 1 aromatic heterocycles. The van der Waals surface area contributed by atoms with Gasteiger partial charge in [0.15, 0.2) is 21.3 Å². The third kappa shape index (κ3) is 14.6. The maximum absolute atomic E-state index is 13.1. The number of aliphatic hydroxyl groups is 1. The molecule has 0 aliphatic heterocycles. The number of aryl methyl sites for hydroxylation is 1. The van der Waals surface area contributed by atoms with Crippen molar-refractivity contribution >= 4 is 80.0 Å². The minimum absolute atomic E-state index is 0. The van der Waals surface area contributed by atoms with E-state index in [9.17, 15) is 72.2 Å². The number of nitrogens with one attached hydrogen (secondary N) is 1. The van der Waals surface area contributed by atoms with Crippen molar-refractivity contribution in [3.8, 4) is 11.4 Å². The number of aliphatic hydroxyl groups excluding tert-OH is 1. The minimum atomic E-state index is -5.38. The van der Waals surface area contributed by atoms with Gasteiger partial charge in [0.05, 0.1) is 56.7 Å². The molecule has 23 nitrogen and oxygen atoms in total. The second-order valence-corrected chi connectivity index (χ2v) is 17.4. The number of H-pyrrole nitrogens is 1. The molecular formula is C30H22CuN6Na4O17S4. The van der Waals surface area contributed by atoms with Crippen LogP contribution >= 0.6 is 0 Å². The van der Waals surface area contributed by atoms with Crippen molar-refractivity contribution in [2.45, 2.75) is 28.2 Å². The van der Waals surface area contributed by atoms with Crippen molar-refractivity contribution < 1.29 is 207 Å². The summed E-state index contributed by atoms with van der Waals surface area (Å²) in [6.45, 7) is -0.614. The number of carbonyl (C=O) groups excluding carboxylic acids is 1. The van der Waals surface area contributed by atoms with Gasteiger partial charge in [-0.05, 0) is 72.5 Å². The molecule has 0 aliphatic rings. The summed E-state index contributed by atoms with van der Waals surface area (Å²) < 4.78 is 133. The van der Waals surface area contributed by atoms with E-state index in [1.54, 1.807) is 0 Å². The van der Waals surface area contributed by atoms with Crippen LogP contribution in [-0.2, 0) is 68.3 Å². The number of phenols is 1. The molecule has 32 heteroatoms. The summed E-state index contributed by atoms with van der Waals surface area (Å²) in [5.74, 6) is -3.82. The van der Waals surface area contributed by atoms with Crippen molar-refractivity contribution in [3.63, 3.8) is 0 Å². The summed E-state index contributed by atoms with van der Waals surface area (Å²) >= 11 is 0. The van der Waals surface area contributed by atoms with E-state index < -0.39 is 108 Å². The van der Waals surface area contributed by atoms with E-state index in [4.69, 9.17) is 0 Å². The topological polar surface area (TPSA) is 383 Å². The van der Waals surface area contributed by atoms with Gasteiger partial charge in [0.25, 0.3) is 5.56 Å². The first-order valence-electron chi connectivity index (χ1n) is 15.2. The van der Waals surface area contributed by atoms with E-state index >= 15 is 0 Å². The fourth-order valence-electron chi connectivity index (χ4n) is 5.12. The molecule has 0 atom stereocenters. The Morgan fingerprint density at radius 3 is 1.92 bits per heavy atom. The van der Waals surface area contributed by atoms with E-state index in [1.807, 2.05) is 0 Å². The van der Waals surface area contributed by atoms with Gasteiger partial charge in [-0.25, -0.2) is 38.4 Å². The number of aromatic nitrogens is 2. The Morgan fingerprint density at radius 2 is 1.39 bits per heavy atom. The molecule has 1 radical (unpaired) electrons. The van der Waals surface area contributed by atoms with Gasteiger partial charge in [0.2, 0.25) is 10.4 Å². The van der Waals surface area contributed by atoms with Crippen LogP contribution in [0.5, 0.6) is 5.75 Å². The number of hydrogen-bond acceptors (Lipinski definition) is 21. The predicted octanol–water partition coefficient (Wildman–Crippen LogP) is -10.9. The number of phenolic OH excluding ortho intramolecular Hbond substituents is 1. The van der Waals surface area contributed by atoms with Crippen molar-refractivity contribution in [2.24, 2.45) is 20.5 Å². The number of aromatic carboxylic acids is 1. The molecule has 0 spiro atoms. The quantitative estimate of drug-likeness (QED) is 0.0402. The van der Waals surface area contributed by atoms with Crippen molar-refractivity contribution in [1.82, 2.24) is 9.78 Å². The standard InChI is InChI=1S/C30H26N6O17S4.Cu.4Na/c1-15-10-22(17(14-37)12-23(15)54(42,43)9-8-53-57(50,51)52)32-33-25-24(56(47,48)49)11-16-2-3-18(13-21(16)28(25)38)31-34-26-27(30(40)41)35-36(29(26)39)19-4-6-20(7-5-19)55(44,45)46;;;;;/h2-7,10-13,35,37-38H,8-9,14H2,1H3,(H,40,41)(H,44,45,46)(H,47,48,49)(H,50,51,52);;;;;/q;;4*+1/p-4. The van der Waals surface area contributed by atoms with Gasteiger partial charge in [0.1, 0.15) is 31.6 Å². The Balaban J connectivity index is 0.00000744. The SMILES string of the molecule is Cc1cc(N=Nc2c(S(=O)(=O)[O-])cc3ccc(N=Nc4c(C(=O)[O-])[nH]n(-c5ccc(S(=O)(=O)[O-])cc5)c4=O)cc3c2O)c(CO)cc1S(=O)(=O)CCOS(=O)(=O)[O-].[Cu].[Na+].[Na+].[Na+].[Na+]. The molecule has 0 fully saturated rings. The monoisotopic (exact) mass is 1020 g/mol. The van der Waals surface area contributed by atoms with E-state index in [-0.39, 0.29) is 174 Å². The molecule has 0 unspecified atom stereocenters. The first-order valence-corrected chi connectivity index (χ1v) is 21.0. The van der Waals surface area contributed by atoms with Crippen molar-refractivity contribution in [1.29, 1.82) is 0 Å². The second-order valence-electron chi connectivity index (χ2n) is 11.5. The minimum Gasteiger partial charge on any atom is -0.744 e. The van der Waals surface area contributed by atoms with Crippen LogP contribution in [0.15, 0.2) is 101 Å². The Hall–Kier alpha value is -1.26. The molecule has 1 heterocycles.